The van der Waals surface area contributed by atoms with E-state index in [1.165, 1.54) is 12.5 Å². The number of carbonyl (C=O) groups is 1. The van der Waals surface area contributed by atoms with Crippen LogP contribution in [0.1, 0.15) is 30.1 Å². The van der Waals surface area contributed by atoms with E-state index < -0.39 is 0 Å². The van der Waals surface area contributed by atoms with Gasteiger partial charge in [-0.25, -0.2) is 0 Å². The number of nitrogens with zero attached hydrogens (tertiary/aromatic N) is 1. The lowest BCUT2D eigenvalue weighted by molar-refractivity contribution is 0.0948. The highest BCUT2D eigenvalue weighted by molar-refractivity contribution is 5.93. The second-order valence-corrected chi connectivity index (χ2v) is 3.40. The van der Waals surface area contributed by atoms with E-state index >= 15 is 0 Å². The molecule has 1 aliphatic carbocycles. The Morgan fingerprint density at radius 2 is 2.69 bits per heavy atom. The maximum absolute atomic E-state index is 11.4. The molecule has 2 rings (SSSR count). The fourth-order valence-electron chi connectivity index (χ4n) is 1.44. The molecule has 1 heterocycles. The molecule has 1 N–H and O–H groups in total. The molecule has 1 fully saturated rings. The second-order valence-electron chi connectivity index (χ2n) is 3.40. The lowest BCUT2D eigenvalue weighted by Gasteiger charge is -1.99. The smallest absolute Gasteiger partial charge is 0.256 e. The topological polar surface area (TPSA) is 55.1 Å². The van der Waals surface area contributed by atoms with Gasteiger partial charge in [0.15, 0.2) is 0 Å². The molecule has 70 valence electrons. The molecule has 13 heavy (non-hydrogen) atoms. The van der Waals surface area contributed by atoms with Gasteiger partial charge in [0.05, 0.1) is 11.8 Å². The van der Waals surface area contributed by atoms with Gasteiger partial charge in [0.2, 0.25) is 0 Å². The van der Waals surface area contributed by atoms with Gasteiger partial charge in [-0.15, -0.1) is 0 Å². The summed E-state index contributed by atoms with van der Waals surface area (Å²) in [7, 11) is 0. The molecule has 1 aliphatic rings. The van der Waals surface area contributed by atoms with Gasteiger partial charge in [-0.05, 0) is 12.3 Å². The van der Waals surface area contributed by atoms with Crippen LogP contribution in [0.5, 0.6) is 0 Å². The molecule has 1 saturated carbocycles. The Labute approximate surface area is 76.3 Å². The van der Waals surface area contributed by atoms with Crippen LogP contribution in [0.15, 0.2) is 17.0 Å². The highest BCUT2D eigenvalue weighted by atomic mass is 16.5. The molecule has 4 heteroatoms. The van der Waals surface area contributed by atoms with Crippen molar-refractivity contribution >= 4 is 5.91 Å². The average Bonchev–Trinajstić information content (AvgIpc) is 2.68. The van der Waals surface area contributed by atoms with Crippen LogP contribution in [0.2, 0.25) is 0 Å². The molecule has 4 nitrogen and oxygen atoms in total. The first-order valence-electron chi connectivity index (χ1n) is 4.51. The zero-order valence-corrected chi connectivity index (χ0v) is 7.49. The Morgan fingerprint density at radius 3 is 3.23 bits per heavy atom. The van der Waals surface area contributed by atoms with Crippen LogP contribution >= 0.6 is 0 Å². The van der Waals surface area contributed by atoms with Crippen LogP contribution in [0.25, 0.3) is 0 Å². The maximum Gasteiger partial charge on any atom is 0.256 e. The molecule has 0 spiro atoms. The first kappa shape index (κ1) is 8.29. The maximum atomic E-state index is 11.4. The summed E-state index contributed by atoms with van der Waals surface area (Å²) >= 11 is 0. The van der Waals surface area contributed by atoms with Gasteiger partial charge in [-0.2, -0.15) is 0 Å². The monoisotopic (exact) mass is 180 g/mol. The number of nitrogens with one attached hydrogen (secondary N) is 1. The molecule has 2 unspecified atom stereocenters. The third-order valence-corrected chi connectivity index (χ3v) is 2.46. The lowest BCUT2D eigenvalue weighted by atomic mass is 10.3. The standard InChI is InChI=1S/C9H12N2O2/c1-2-6-3-8(6)11-9(12)7-4-10-13-5-7/h4-6,8H,2-3H2,1H3,(H,11,12). The molecule has 0 aromatic carbocycles. The van der Waals surface area contributed by atoms with Crippen molar-refractivity contribution in [3.8, 4) is 0 Å². The van der Waals surface area contributed by atoms with E-state index in [1.807, 2.05) is 0 Å². The summed E-state index contributed by atoms with van der Waals surface area (Å²) in [6, 6.07) is 0.368. The van der Waals surface area contributed by atoms with E-state index in [9.17, 15) is 4.79 Å². The van der Waals surface area contributed by atoms with Gasteiger partial charge in [0, 0.05) is 6.04 Å². The molecular weight excluding hydrogens is 168 g/mol. The van der Waals surface area contributed by atoms with Crippen molar-refractivity contribution in [2.45, 2.75) is 25.8 Å². The van der Waals surface area contributed by atoms with Gasteiger partial charge in [-0.3, -0.25) is 4.79 Å². The fraction of sp³-hybridized carbons (Fsp3) is 0.556. The summed E-state index contributed by atoms with van der Waals surface area (Å²) in [4.78, 5) is 11.4. The van der Waals surface area contributed by atoms with Crippen LogP contribution < -0.4 is 5.32 Å². The minimum Gasteiger partial charge on any atom is -0.364 e. The summed E-state index contributed by atoms with van der Waals surface area (Å²) in [5, 5.41) is 6.39. The molecule has 2 atom stereocenters. The van der Waals surface area contributed by atoms with Crippen LogP contribution in [0.4, 0.5) is 0 Å². The molecule has 1 aromatic rings. The largest absolute Gasteiger partial charge is 0.364 e. The van der Waals surface area contributed by atoms with E-state index in [0.717, 1.165) is 12.8 Å². The predicted molar refractivity (Wildman–Crippen MR) is 46.2 cm³/mol. The third-order valence-electron chi connectivity index (χ3n) is 2.46. The van der Waals surface area contributed by atoms with Gasteiger partial charge in [0.25, 0.3) is 5.91 Å². The van der Waals surface area contributed by atoms with Crippen LogP contribution in [-0.4, -0.2) is 17.1 Å². The summed E-state index contributed by atoms with van der Waals surface area (Å²) in [5.74, 6) is 0.589. The number of aromatic nitrogens is 1. The molecule has 1 amide bonds. The highest BCUT2D eigenvalue weighted by Crippen LogP contribution is 2.33. The molecule has 0 bridgehead atoms. The Kier molecular flexibility index (Phi) is 2.04. The van der Waals surface area contributed by atoms with Crippen molar-refractivity contribution in [1.82, 2.24) is 10.5 Å². The Bertz CT molecular complexity index is 295. The van der Waals surface area contributed by atoms with Crippen molar-refractivity contribution < 1.29 is 9.32 Å². The summed E-state index contributed by atoms with van der Waals surface area (Å²) in [6.45, 7) is 2.14. The third kappa shape index (κ3) is 1.71. The van der Waals surface area contributed by atoms with E-state index in [0.29, 0.717) is 17.5 Å². The first-order chi connectivity index (χ1) is 6.31. The van der Waals surface area contributed by atoms with Crippen LogP contribution in [0.3, 0.4) is 0 Å². The lowest BCUT2D eigenvalue weighted by Crippen LogP contribution is -2.26. The number of rotatable bonds is 3. The molecule has 0 saturated heterocycles. The number of hydrogen-bond donors (Lipinski definition) is 1. The van der Waals surface area contributed by atoms with Gasteiger partial charge < -0.3 is 9.84 Å². The van der Waals surface area contributed by atoms with Crippen LogP contribution in [0, 0.1) is 5.92 Å². The Balaban J connectivity index is 1.87. The molecule has 1 aromatic heterocycles. The molecule has 0 radical (unpaired) electrons. The fourth-order valence-corrected chi connectivity index (χ4v) is 1.44. The second kappa shape index (κ2) is 3.20. The van der Waals surface area contributed by atoms with Crippen molar-refractivity contribution in [3.05, 3.63) is 18.0 Å². The van der Waals surface area contributed by atoms with E-state index in [-0.39, 0.29) is 5.91 Å². The summed E-state index contributed by atoms with van der Waals surface area (Å²) in [6.07, 6.45) is 5.03. The number of carbonyl (C=O) groups excluding carboxylic acids is 1. The number of amides is 1. The zero-order chi connectivity index (χ0) is 9.26. The summed E-state index contributed by atoms with van der Waals surface area (Å²) in [5.41, 5.74) is 0.502. The highest BCUT2D eigenvalue weighted by Gasteiger charge is 2.36. The van der Waals surface area contributed by atoms with Crippen molar-refractivity contribution in [3.63, 3.8) is 0 Å². The minimum absolute atomic E-state index is 0.0813. The normalized spacial score (nSPS) is 25.6. The van der Waals surface area contributed by atoms with Gasteiger partial charge >= 0.3 is 0 Å². The Morgan fingerprint density at radius 1 is 1.85 bits per heavy atom. The SMILES string of the molecule is CCC1CC1NC(=O)c1cnoc1. The van der Waals surface area contributed by atoms with E-state index in [4.69, 9.17) is 0 Å². The number of hydrogen-bond acceptors (Lipinski definition) is 3. The zero-order valence-electron chi connectivity index (χ0n) is 7.49. The van der Waals surface area contributed by atoms with Crippen molar-refractivity contribution in [2.24, 2.45) is 5.92 Å². The van der Waals surface area contributed by atoms with Gasteiger partial charge in [-0.1, -0.05) is 18.5 Å². The van der Waals surface area contributed by atoms with E-state index in [1.54, 1.807) is 0 Å². The van der Waals surface area contributed by atoms with Crippen molar-refractivity contribution in [2.75, 3.05) is 0 Å². The van der Waals surface area contributed by atoms with Crippen molar-refractivity contribution in [1.29, 1.82) is 0 Å². The quantitative estimate of drug-likeness (QED) is 0.760. The predicted octanol–water partition coefficient (Wildman–Crippen LogP) is 1.20. The first-order valence-corrected chi connectivity index (χ1v) is 4.51. The van der Waals surface area contributed by atoms with Gasteiger partial charge in [0.1, 0.15) is 6.26 Å². The Hall–Kier alpha value is -1.32. The molecular formula is C9H12N2O2. The van der Waals surface area contributed by atoms with E-state index in [2.05, 4.69) is 21.9 Å². The minimum atomic E-state index is -0.0813. The average molecular weight is 180 g/mol. The van der Waals surface area contributed by atoms with Crippen LogP contribution in [-0.2, 0) is 0 Å². The summed E-state index contributed by atoms with van der Waals surface area (Å²) < 4.78 is 4.58. The molecule has 0 aliphatic heterocycles.